The van der Waals surface area contributed by atoms with E-state index in [2.05, 4.69) is 47.7 Å². The van der Waals surface area contributed by atoms with Crippen LogP contribution in [0.2, 0.25) is 0 Å². The normalized spacial score (nSPS) is 10.9. The third-order valence-corrected chi connectivity index (χ3v) is 7.46. The summed E-state index contributed by atoms with van der Waals surface area (Å²) in [4.78, 5) is 49.0. The summed E-state index contributed by atoms with van der Waals surface area (Å²) in [5, 5.41) is 17.8. The van der Waals surface area contributed by atoms with E-state index >= 15 is 0 Å². The second-order valence-electron chi connectivity index (χ2n) is 9.56. The van der Waals surface area contributed by atoms with Gasteiger partial charge in [0.25, 0.3) is 17.5 Å². The van der Waals surface area contributed by atoms with E-state index in [0.717, 1.165) is 6.08 Å². The lowest BCUT2D eigenvalue weighted by atomic mass is 10.1. The first-order valence-corrected chi connectivity index (χ1v) is 15.3. The van der Waals surface area contributed by atoms with E-state index < -0.39 is 22.7 Å². The Bertz CT molecular complexity index is 1920. The average Bonchev–Trinajstić information content (AvgIpc) is 3.08. The largest absolute Gasteiger partial charge is 0.493 e. The molecule has 0 aliphatic rings. The number of carbonyl (C=O) groups is 3. The summed E-state index contributed by atoms with van der Waals surface area (Å²) in [5.74, 6) is -0.753. The second kappa shape index (κ2) is 16.3. The van der Waals surface area contributed by atoms with Crippen LogP contribution in [0.25, 0.3) is 6.08 Å². The van der Waals surface area contributed by atoms with Crippen molar-refractivity contribution < 1.29 is 38.3 Å². The first-order chi connectivity index (χ1) is 23.0. The number of anilines is 1. The van der Waals surface area contributed by atoms with E-state index in [9.17, 15) is 24.5 Å². The molecular weight excluding hydrogens is 756 g/mol. The number of rotatable bonds is 12. The Balaban J connectivity index is 1.45. The number of halogens is 2. The van der Waals surface area contributed by atoms with Gasteiger partial charge in [0.2, 0.25) is 5.75 Å². The molecule has 0 aromatic heterocycles. The molecule has 0 heterocycles. The molecule has 2 N–H and O–H groups in total. The predicted molar refractivity (Wildman–Crippen MR) is 185 cm³/mol. The molecular formula is C33H26Br2N4O9. The zero-order chi connectivity index (χ0) is 34.8. The minimum absolute atomic E-state index is 0.112. The van der Waals surface area contributed by atoms with E-state index in [1.165, 1.54) is 76.1 Å². The fraction of sp³-hybridized carbons (Fsp3) is 0.0909. The van der Waals surface area contributed by atoms with Gasteiger partial charge in [0.05, 0.1) is 36.9 Å². The van der Waals surface area contributed by atoms with Crippen molar-refractivity contribution in [1.29, 1.82) is 0 Å². The van der Waals surface area contributed by atoms with Crippen LogP contribution in [0.1, 0.15) is 31.8 Å². The quantitative estimate of drug-likeness (QED) is 0.0393. The maximum absolute atomic E-state index is 13.0. The van der Waals surface area contributed by atoms with Gasteiger partial charge in [0, 0.05) is 45.1 Å². The number of nitrogens with zero attached hydrogens (tertiary/aromatic N) is 2. The molecule has 15 heteroatoms. The molecule has 0 radical (unpaired) electrons. The van der Waals surface area contributed by atoms with Gasteiger partial charge in [0.15, 0.2) is 17.2 Å². The van der Waals surface area contributed by atoms with E-state index in [1.54, 1.807) is 30.3 Å². The first-order valence-electron chi connectivity index (χ1n) is 13.7. The number of nitro groups is 1. The van der Waals surface area contributed by atoms with Gasteiger partial charge in [-0.2, -0.15) is 5.10 Å². The molecule has 4 aromatic rings. The zero-order valence-corrected chi connectivity index (χ0v) is 28.7. The van der Waals surface area contributed by atoms with Gasteiger partial charge >= 0.3 is 5.97 Å². The molecule has 0 fully saturated rings. The standard InChI is InChI=1S/C33H26Br2N4O9/c1-45-27-15-21(16-28(46-2)31(27)47-3)32(41)37-24-8-5-7-20(14-24)33(42)38-36-18-22-13-23(34)17-26(35)30(22)48-29(40)11-10-19-6-4-9-25(12-19)39(43)44/h4-18H,1-3H3,(H,37,41)(H,38,42)/b11-10+,36-18?. The molecule has 13 nitrogen and oxygen atoms in total. The maximum atomic E-state index is 13.0. The van der Waals surface area contributed by atoms with Crippen LogP contribution < -0.4 is 29.7 Å². The highest BCUT2D eigenvalue weighted by Crippen LogP contribution is 2.38. The van der Waals surface area contributed by atoms with Crippen molar-refractivity contribution in [2.75, 3.05) is 26.6 Å². The minimum atomic E-state index is -0.756. The second-order valence-corrected chi connectivity index (χ2v) is 11.3. The predicted octanol–water partition coefficient (Wildman–Crippen LogP) is 6.78. The number of hydrazone groups is 1. The minimum Gasteiger partial charge on any atom is -0.493 e. The number of non-ortho nitro benzene ring substituents is 1. The van der Waals surface area contributed by atoms with Crippen LogP contribution in [0.5, 0.6) is 23.0 Å². The fourth-order valence-corrected chi connectivity index (χ4v) is 5.54. The number of esters is 1. The molecule has 0 saturated carbocycles. The van der Waals surface area contributed by atoms with Crippen LogP contribution >= 0.6 is 31.9 Å². The van der Waals surface area contributed by atoms with Crippen molar-refractivity contribution in [3.05, 3.63) is 120 Å². The number of ether oxygens (including phenoxy) is 4. The summed E-state index contributed by atoms with van der Waals surface area (Å²) in [5.41, 5.74) is 3.84. The number of benzene rings is 4. The van der Waals surface area contributed by atoms with Crippen molar-refractivity contribution in [1.82, 2.24) is 5.43 Å². The molecule has 246 valence electrons. The van der Waals surface area contributed by atoms with Gasteiger partial charge in [-0.3, -0.25) is 19.7 Å². The molecule has 4 aromatic carbocycles. The molecule has 0 aliphatic heterocycles. The van der Waals surface area contributed by atoms with E-state index in [1.807, 2.05) is 0 Å². The highest BCUT2D eigenvalue weighted by molar-refractivity contribution is 9.11. The number of hydrogen-bond acceptors (Lipinski definition) is 10. The summed E-state index contributed by atoms with van der Waals surface area (Å²) in [6.45, 7) is 0. The Morgan fingerprint density at radius 3 is 2.21 bits per heavy atom. The van der Waals surface area contributed by atoms with Gasteiger partial charge < -0.3 is 24.3 Å². The number of hydrogen-bond donors (Lipinski definition) is 2. The lowest BCUT2D eigenvalue weighted by molar-refractivity contribution is -0.384. The third kappa shape index (κ3) is 9.04. The van der Waals surface area contributed by atoms with Crippen LogP contribution in [-0.4, -0.2) is 50.3 Å². The topological polar surface area (TPSA) is 168 Å². The fourth-order valence-electron chi connectivity index (χ4n) is 4.20. The number of methoxy groups -OCH3 is 3. The Labute approximate surface area is 290 Å². The molecule has 0 aliphatic carbocycles. The van der Waals surface area contributed by atoms with E-state index in [4.69, 9.17) is 18.9 Å². The van der Waals surface area contributed by atoms with Crippen LogP contribution in [-0.2, 0) is 4.79 Å². The van der Waals surface area contributed by atoms with Crippen molar-refractivity contribution in [2.24, 2.45) is 5.10 Å². The molecule has 4 rings (SSSR count). The van der Waals surface area contributed by atoms with Crippen molar-refractivity contribution in [2.45, 2.75) is 0 Å². The molecule has 0 spiro atoms. The van der Waals surface area contributed by atoms with Gasteiger partial charge in [-0.15, -0.1) is 0 Å². The Kier molecular flexibility index (Phi) is 12.0. The van der Waals surface area contributed by atoms with Gasteiger partial charge in [-0.1, -0.05) is 34.1 Å². The van der Waals surface area contributed by atoms with Crippen LogP contribution in [0.3, 0.4) is 0 Å². The van der Waals surface area contributed by atoms with Crippen LogP contribution in [0.15, 0.2) is 92.9 Å². The van der Waals surface area contributed by atoms with E-state index in [0.29, 0.717) is 43.0 Å². The highest BCUT2D eigenvalue weighted by Gasteiger charge is 2.18. The summed E-state index contributed by atoms with van der Waals surface area (Å²) >= 11 is 6.74. The number of nitro benzene ring substituents is 1. The number of carbonyl (C=O) groups excluding carboxylic acids is 3. The maximum Gasteiger partial charge on any atom is 0.336 e. The molecule has 0 unspecified atom stereocenters. The Morgan fingerprint density at radius 1 is 0.833 bits per heavy atom. The van der Waals surface area contributed by atoms with Crippen LogP contribution in [0.4, 0.5) is 11.4 Å². The summed E-state index contributed by atoms with van der Waals surface area (Å²) in [6.07, 6.45) is 3.80. The number of nitrogens with one attached hydrogen (secondary N) is 2. The molecule has 0 bridgehead atoms. The van der Waals surface area contributed by atoms with Crippen molar-refractivity contribution >= 4 is 73.3 Å². The molecule has 48 heavy (non-hydrogen) atoms. The zero-order valence-electron chi connectivity index (χ0n) is 25.5. The van der Waals surface area contributed by atoms with Gasteiger partial charge in [-0.05, 0) is 70.0 Å². The lowest BCUT2D eigenvalue weighted by Crippen LogP contribution is -2.18. The summed E-state index contributed by atoms with van der Waals surface area (Å²) in [7, 11) is 4.34. The molecule has 2 amide bonds. The van der Waals surface area contributed by atoms with Gasteiger partial charge in [-0.25, -0.2) is 10.2 Å². The Hall–Kier alpha value is -5.54. The first kappa shape index (κ1) is 35.3. The smallest absolute Gasteiger partial charge is 0.336 e. The molecule has 0 saturated heterocycles. The SMILES string of the molecule is COc1cc(C(=O)Nc2cccc(C(=O)NN=Cc3cc(Br)cc(Br)c3OC(=O)/C=C/c3cccc([N+](=O)[O-])c3)c2)cc(OC)c1OC. The molecule has 0 atom stereocenters. The number of amides is 2. The third-order valence-electron chi connectivity index (χ3n) is 6.41. The Morgan fingerprint density at radius 2 is 1.54 bits per heavy atom. The average molecular weight is 782 g/mol. The van der Waals surface area contributed by atoms with E-state index in [-0.39, 0.29) is 22.6 Å². The summed E-state index contributed by atoms with van der Waals surface area (Å²) < 4.78 is 22.5. The monoisotopic (exact) mass is 780 g/mol. The van der Waals surface area contributed by atoms with Gasteiger partial charge in [0.1, 0.15) is 0 Å². The van der Waals surface area contributed by atoms with Crippen molar-refractivity contribution in [3.8, 4) is 23.0 Å². The van der Waals surface area contributed by atoms with Crippen LogP contribution in [0, 0.1) is 10.1 Å². The highest BCUT2D eigenvalue weighted by atomic mass is 79.9. The lowest BCUT2D eigenvalue weighted by Gasteiger charge is -2.14. The van der Waals surface area contributed by atoms with Crippen molar-refractivity contribution in [3.63, 3.8) is 0 Å². The summed E-state index contributed by atoms with van der Waals surface area (Å²) in [6, 6.07) is 18.3.